The van der Waals surface area contributed by atoms with E-state index in [1.165, 1.54) is 116 Å². The van der Waals surface area contributed by atoms with Crippen molar-refractivity contribution in [1.29, 1.82) is 0 Å². The Kier molecular flexibility index (Phi) is 36.0. The molecule has 1 N–H and O–H groups in total. The van der Waals surface area contributed by atoms with Crippen LogP contribution in [0.25, 0.3) is 0 Å². The number of aliphatic hydroxyl groups excluding tert-OH is 1. The molecule has 0 saturated carbocycles. The molecule has 46 heavy (non-hydrogen) atoms. The molecule has 0 aromatic rings. The number of esters is 2. The minimum atomic E-state index is -0.775. The van der Waals surface area contributed by atoms with Gasteiger partial charge in [-0.15, -0.1) is 0 Å². The summed E-state index contributed by atoms with van der Waals surface area (Å²) >= 11 is 0. The lowest BCUT2D eigenvalue weighted by Gasteiger charge is -2.15. The van der Waals surface area contributed by atoms with Crippen molar-refractivity contribution in [3.63, 3.8) is 0 Å². The predicted molar refractivity (Wildman–Crippen MR) is 196 cm³/mol. The molecule has 5 heteroatoms. The van der Waals surface area contributed by atoms with E-state index >= 15 is 0 Å². The van der Waals surface area contributed by atoms with Gasteiger partial charge in [0.1, 0.15) is 6.61 Å². The van der Waals surface area contributed by atoms with Gasteiger partial charge in [0, 0.05) is 12.8 Å². The molecule has 0 aliphatic heterocycles. The molecule has 0 spiro atoms. The first-order chi connectivity index (χ1) is 22.6. The van der Waals surface area contributed by atoms with E-state index in [0.717, 1.165) is 51.4 Å². The van der Waals surface area contributed by atoms with Crippen molar-refractivity contribution in [2.45, 2.75) is 200 Å². The second-order valence-corrected chi connectivity index (χ2v) is 13.0. The Morgan fingerprint density at radius 1 is 0.500 bits per heavy atom. The zero-order valence-electron chi connectivity index (χ0n) is 30.3. The van der Waals surface area contributed by atoms with Crippen molar-refractivity contribution < 1.29 is 24.2 Å². The van der Waals surface area contributed by atoms with Gasteiger partial charge in [0.2, 0.25) is 0 Å². The van der Waals surface area contributed by atoms with Gasteiger partial charge in [-0.1, -0.05) is 147 Å². The number of carbonyl (C=O) groups excluding carboxylic acids is 2. The summed E-state index contributed by atoms with van der Waals surface area (Å²) in [6.07, 6.45) is 44.8. The van der Waals surface area contributed by atoms with Crippen molar-refractivity contribution >= 4 is 11.9 Å². The van der Waals surface area contributed by atoms with Crippen molar-refractivity contribution in [1.82, 2.24) is 0 Å². The molecular formula is C41H74O5. The first-order valence-corrected chi connectivity index (χ1v) is 19.5. The van der Waals surface area contributed by atoms with Crippen molar-refractivity contribution in [2.24, 2.45) is 0 Å². The normalized spacial score (nSPS) is 12.5. The van der Waals surface area contributed by atoms with Crippen LogP contribution in [0.5, 0.6) is 0 Å². The van der Waals surface area contributed by atoms with E-state index in [-0.39, 0.29) is 25.2 Å². The molecule has 1 unspecified atom stereocenters. The molecule has 268 valence electrons. The molecule has 0 aliphatic rings. The van der Waals surface area contributed by atoms with Crippen LogP contribution in [0.1, 0.15) is 194 Å². The maximum atomic E-state index is 12.2. The molecule has 0 aromatic heterocycles. The Morgan fingerprint density at radius 2 is 0.870 bits per heavy atom. The highest BCUT2D eigenvalue weighted by molar-refractivity contribution is 5.70. The Balaban J connectivity index is 3.57. The molecule has 0 radical (unpaired) electrons. The summed E-state index contributed by atoms with van der Waals surface area (Å²) in [5, 5.41) is 9.55. The predicted octanol–water partition coefficient (Wildman–Crippen LogP) is 12.1. The lowest BCUT2D eigenvalue weighted by Crippen LogP contribution is -2.28. The van der Waals surface area contributed by atoms with E-state index in [9.17, 15) is 14.7 Å². The van der Waals surface area contributed by atoms with Crippen LogP contribution in [0.15, 0.2) is 36.5 Å². The average molecular weight is 647 g/mol. The fraction of sp³-hybridized carbons (Fsp3) is 0.805. The molecule has 0 fully saturated rings. The van der Waals surface area contributed by atoms with E-state index in [1.54, 1.807) is 0 Å². The Hall–Kier alpha value is -1.88. The second-order valence-electron chi connectivity index (χ2n) is 13.0. The molecule has 5 nitrogen and oxygen atoms in total. The second kappa shape index (κ2) is 37.6. The Bertz CT molecular complexity index is 741. The third-order valence-electron chi connectivity index (χ3n) is 8.41. The van der Waals surface area contributed by atoms with E-state index in [4.69, 9.17) is 9.47 Å². The minimum Gasteiger partial charge on any atom is -0.462 e. The molecule has 0 amide bonds. The lowest BCUT2D eigenvalue weighted by molar-refractivity contribution is -0.161. The number of allylic oxidation sites excluding steroid dienone is 6. The van der Waals surface area contributed by atoms with E-state index < -0.39 is 6.10 Å². The largest absolute Gasteiger partial charge is 0.462 e. The fourth-order valence-electron chi connectivity index (χ4n) is 5.40. The van der Waals surface area contributed by atoms with Gasteiger partial charge in [-0.2, -0.15) is 0 Å². The van der Waals surface area contributed by atoms with Crippen LogP contribution in [0, 0.1) is 0 Å². The van der Waals surface area contributed by atoms with Gasteiger partial charge in [0.15, 0.2) is 6.10 Å². The summed E-state index contributed by atoms with van der Waals surface area (Å²) in [6, 6.07) is 0. The number of rotatable bonds is 35. The number of unbranched alkanes of at least 4 members (excludes halogenated alkanes) is 21. The average Bonchev–Trinajstić information content (AvgIpc) is 3.06. The van der Waals surface area contributed by atoms with Gasteiger partial charge in [-0.05, 0) is 70.6 Å². The summed E-state index contributed by atoms with van der Waals surface area (Å²) < 4.78 is 10.6. The van der Waals surface area contributed by atoms with Gasteiger partial charge in [0.05, 0.1) is 6.61 Å². The molecule has 0 rings (SSSR count). The minimum absolute atomic E-state index is 0.0702. The smallest absolute Gasteiger partial charge is 0.306 e. The van der Waals surface area contributed by atoms with Gasteiger partial charge in [-0.3, -0.25) is 9.59 Å². The maximum Gasteiger partial charge on any atom is 0.306 e. The fourth-order valence-corrected chi connectivity index (χ4v) is 5.40. The van der Waals surface area contributed by atoms with Crippen LogP contribution in [-0.2, 0) is 19.1 Å². The summed E-state index contributed by atoms with van der Waals surface area (Å²) in [7, 11) is 0. The molecule has 0 aromatic carbocycles. The van der Waals surface area contributed by atoms with E-state index in [2.05, 4.69) is 50.3 Å². The summed E-state index contributed by atoms with van der Waals surface area (Å²) in [5.41, 5.74) is 0. The summed E-state index contributed by atoms with van der Waals surface area (Å²) in [6.45, 7) is 4.09. The SMILES string of the molecule is CCCCCC=CCC=CCCCCCCCCCC(=O)OC(CO)COC(=O)CCCCCCCCCC=CCCCCCC. The zero-order valence-corrected chi connectivity index (χ0v) is 30.3. The van der Waals surface area contributed by atoms with Crippen molar-refractivity contribution in [2.75, 3.05) is 13.2 Å². The maximum absolute atomic E-state index is 12.2. The quantitative estimate of drug-likeness (QED) is 0.0421. The first kappa shape index (κ1) is 44.1. The summed E-state index contributed by atoms with van der Waals surface area (Å²) in [4.78, 5) is 24.2. The molecule has 0 saturated heterocycles. The van der Waals surface area contributed by atoms with Crippen LogP contribution in [0.3, 0.4) is 0 Å². The topological polar surface area (TPSA) is 72.8 Å². The van der Waals surface area contributed by atoms with Crippen molar-refractivity contribution in [3.05, 3.63) is 36.5 Å². The third kappa shape index (κ3) is 35.0. The molecule has 0 heterocycles. The van der Waals surface area contributed by atoms with Crippen LogP contribution in [-0.4, -0.2) is 36.4 Å². The third-order valence-corrected chi connectivity index (χ3v) is 8.41. The van der Waals surface area contributed by atoms with Crippen molar-refractivity contribution in [3.8, 4) is 0 Å². The van der Waals surface area contributed by atoms with Crippen LogP contribution in [0.4, 0.5) is 0 Å². The highest BCUT2D eigenvalue weighted by Gasteiger charge is 2.16. The van der Waals surface area contributed by atoms with Gasteiger partial charge in [-0.25, -0.2) is 0 Å². The van der Waals surface area contributed by atoms with Crippen LogP contribution < -0.4 is 0 Å². The van der Waals surface area contributed by atoms with Gasteiger partial charge < -0.3 is 14.6 Å². The van der Waals surface area contributed by atoms with Crippen LogP contribution >= 0.6 is 0 Å². The number of ether oxygens (including phenoxy) is 2. The Labute approximate surface area is 285 Å². The molecule has 0 aliphatic carbocycles. The number of hydrogen-bond acceptors (Lipinski definition) is 5. The van der Waals surface area contributed by atoms with Crippen LogP contribution in [0.2, 0.25) is 0 Å². The number of carbonyl (C=O) groups is 2. The number of aliphatic hydroxyl groups is 1. The highest BCUT2D eigenvalue weighted by atomic mass is 16.6. The Morgan fingerprint density at radius 3 is 1.35 bits per heavy atom. The molecule has 1 atom stereocenters. The van der Waals surface area contributed by atoms with Gasteiger partial charge in [0.25, 0.3) is 0 Å². The van der Waals surface area contributed by atoms with E-state index in [0.29, 0.717) is 12.8 Å². The highest BCUT2D eigenvalue weighted by Crippen LogP contribution is 2.13. The van der Waals surface area contributed by atoms with E-state index in [1.807, 2.05) is 0 Å². The lowest BCUT2D eigenvalue weighted by atomic mass is 10.1. The molecular weight excluding hydrogens is 572 g/mol. The zero-order chi connectivity index (χ0) is 33.6. The number of hydrogen-bond donors (Lipinski definition) is 1. The van der Waals surface area contributed by atoms with Gasteiger partial charge >= 0.3 is 11.9 Å². The molecule has 0 bridgehead atoms. The standard InChI is InChI=1S/C41H74O5/c1-3-5-7-9-11-13-15-17-19-20-22-24-26-28-30-32-34-36-41(44)46-39(37-42)38-45-40(43)35-33-31-29-27-25-23-21-18-16-14-12-10-8-6-4-2/h11,13-14,16-17,19,39,42H,3-10,12,15,18,20-38H2,1-2H3. The summed E-state index contributed by atoms with van der Waals surface area (Å²) in [5.74, 6) is -0.603. The first-order valence-electron chi connectivity index (χ1n) is 19.5. The monoisotopic (exact) mass is 647 g/mol.